The molecule has 1 rings (SSSR count). The van der Waals surface area contributed by atoms with Gasteiger partial charge in [-0.25, -0.2) is 0 Å². The van der Waals surface area contributed by atoms with E-state index in [4.69, 9.17) is 29.3 Å². The largest absolute Gasteiger partial charge is 0.508 e. The molecule has 1 atom stereocenters. The van der Waals surface area contributed by atoms with Crippen molar-refractivity contribution in [2.75, 3.05) is 7.11 Å². The van der Waals surface area contributed by atoms with Crippen molar-refractivity contribution in [3.05, 3.63) is 17.7 Å². The zero-order chi connectivity index (χ0) is 28.6. The third-order valence-corrected chi connectivity index (χ3v) is 5.27. The van der Waals surface area contributed by atoms with E-state index in [1.54, 1.807) is 0 Å². The van der Waals surface area contributed by atoms with Crippen molar-refractivity contribution in [1.29, 1.82) is 0 Å². The predicted octanol–water partition coefficient (Wildman–Crippen LogP) is 6.46. The van der Waals surface area contributed by atoms with Gasteiger partial charge in [0.2, 0.25) is 0 Å². The fraction of sp³-hybridized carbons (Fsp3) is 0.679. The van der Waals surface area contributed by atoms with Crippen LogP contribution in [0.4, 0.5) is 0 Å². The van der Waals surface area contributed by atoms with Crippen molar-refractivity contribution < 1.29 is 44.3 Å². The fourth-order valence-electron chi connectivity index (χ4n) is 3.68. The molecule has 37 heavy (non-hydrogen) atoms. The van der Waals surface area contributed by atoms with Gasteiger partial charge in [-0.05, 0) is 18.9 Å². The van der Waals surface area contributed by atoms with E-state index in [0.29, 0.717) is 12.0 Å². The Morgan fingerprint density at radius 1 is 0.784 bits per heavy atom. The molecule has 1 aromatic carbocycles. The van der Waals surface area contributed by atoms with Gasteiger partial charge in [0, 0.05) is 38.8 Å². The lowest BCUT2D eigenvalue weighted by atomic mass is 10.00. The minimum absolute atomic E-state index is 0.0126. The lowest BCUT2D eigenvalue weighted by Crippen LogP contribution is -2.19. The summed E-state index contributed by atoms with van der Waals surface area (Å²) in [6, 6.07) is 2.86. The van der Waals surface area contributed by atoms with Gasteiger partial charge < -0.3 is 29.9 Å². The van der Waals surface area contributed by atoms with Gasteiger partial charge in [0.05, 0.1) is 7.11 Å². The molecule has 0 aliphatic carbocycles. The second kappa shape index (κ2) is 23.4. The van der Waals surface area contributed by atoms with Crippen LogP contribution >= 0.6 is 0 Å². The molecule has 1 unspecified atom stereocenters. The number of aromatic hydroxyl groups is 2. The van der Waals surface area contributed by atoms with E-state index in [1.165, 1.54) is 84.0 Å². The van der Waals surface area contributed by atoms with E-state index in [2.05, 4.69) is 6.92 Å². The van der Waals surface area contributed by atoms with Gasteiger partial charge in [-0.3, -0.25) is 14.4 Å². The average molecular weight is 529 g/mol. The number of carbonyl (C=O) groups is 3. The van der Waals surface area contributed by atoms with Crippen LogP contribution in [0, 0.1) is 0 Å². The molecule has 0 saturated carbocycles. The molecule has 0 saturated heterocycles. The molecule has 0 aromatic heterocycles. The van der Waals surface area contributed by atoms with Crippen molar-refractivity contribution in [2.45, 2.75) is 117 Å². The molecule has 9 heteroatoms. The van der Waals surface area contributed by atoms with E-state index < -0.39 is 11.9 Å². The number of carbonyl (C=O) groups excluding carboxylic acids is 1. The molecule has 0 amide bonds. The van der Waals surface area contributed by atoms with Crippen LogP contribution in [-0.2, 0) is 25.5 Å². The third-order valence-electron chi connectivity index (χ3n) is 5.27. The van der Waals surface area contributed by atoms with E-state index >= 15 is 0 Å². The highest BCUT2D eigenvalue weighted by atomic mass is 16.5. The monoisotopic (exact) mass is 528 g/mol. The number of phenols is 2. The molecule has 0 heterocycles. The van der Waals surface area contributed by atoms with Gasteiger partial charge in [-0.2, -0.15) is 0 Å². The maximum absolute atomic E-state index is 11.5. The highest BCUT2D eigenvalue weighted by Gasteiger charge is 2.18. The molecule has 9 nitrogen and oxygen atoms in total. The maximum Gasteiger partial charge on any atom is 0.302 e. The molecule has 214 valence electrons. The summed E-state index contributed by atoms with van der Waals surface area (Å²) in [6.07, 6.45) is 14.7. The number of unbranched alkanes of at least 4 members (excludes halogenated alkanes) is 10. The Hall–Kier alpha value is -2.97. The minimum atomic E-state index is -0.833. The summed E-state index contributed by atoms with van der Waals surface area (Å²) in [6.45, 7) is 5.81. The Morgan fingerprint density at radius 3 is 1.62 bits per heavy atom. The molecule has 0 bridgehead atoms. The van der Waals surface area contributed by atoms with Crippen molar-refractivity contribution in [3.8, 4) is 17.2 Å². The summed E-state index contributed by atoms with van der Waals surface area (Å²) >= 11 is 0. The van der Waals surface area contributed by atoms with E-state index in [0.717, 1.165) is 33.1 Å². The number of carboxylic acid groups (broad SMARTS) is 2. The van der Waals surface area contributed by atoms with Crippen LogP contribution in [0.5, 0.6) is 17.2 Å². The van der Waals surface area contributed by atoms with Gasteiger partial charge in [-0.1, -0.05) is 71.1 Å². The van der Waals surface area contributed by atoms with Gasteiger partial charge in [0.25, 0.3) is 11.9 Å². The molecule has 0 radical (unpaired) electrons. The zero-order valence-electron chi connectivity index (χ0n) is 23.3. The first-order valence-corrected chi connectivity index (χ1v) is 13.1. The van der Waals surface area contributed by atoms with E-state index in [9.17, 15) is 15.0 Å². The minimum Gasteiger partial charge on any atom is -0.508 e. The van der Waals surface area contributed by atoms with Crippen LogP contribution in [-0.4, -0.2) is 51.5 Å². The van der Waals surface area contributed by atoms with Crippen molar-refractivity contribution >= 4 is 17.9 Å². The van der Waals surface area contributed by atoms with Gasteiger partial charge >= 0.3 is 5.97 Å². The number of rotatable bonds is 16. The lowest BCUT2D eigenvalue weighted by Gasteiger charge is -2.18. The first-order valence-electron chi connectivity index (χ1n) is 13.1. The molecule has 0 aliphatic rings. The number of phenolic OH excluding ortho intramolecular Hbond substituents is 2. The number of hydrogen-bond donors (Lipinski definition) is 4. The smallest absolute Gasteiger partial charge is 0.302 e. The number of esters is 1. The van der Waals surface area contributed by atoms with Crippen LogP contribution in [0.2, 0.25) is 0 Å². The second-order valence-electron chi connectivity index (χ2n) is 8.95. The fourth-order valence-corrected chi connectivity index (χ4v) is 3.68. The summed E-state index contributed by atoms with van der Waals surface area (Å²) in [5.41, 5.74) is 0.524. The summed E-state index contributed by atoms with van der Waals surface area (Å²) in [5, 5.41) is 34.9. The van der Waals surface area contributed by atoms with Crippen molar-refractivity contribution in [3.63, 3.8) is 0 Å². The summed E-state index contributed by atoms with van der Waals surface area (Å²) in [4.78, 5) is 29.5. The first-order chi connectivity index (χ1) is 17.4. The molecule has 1 aromatic rings. The van der Waals surface area contributed by atoms with E-state index in [-0.39, 0.29) is 29.3 Å². The number of aliphatic carboxylic acids is 2. The molecular formula is C28H48O9. The Bertz CT molecular complexity index is 742. The number of benzene rings is 1. The number of methoxy groups -OCH3 is 1. The SMILES string of the molecule is CC(=O)O.CC(=O)O.CCCCCCCCCCCCCC(Cc1cc(O)cc(OC)c1O)OC(C)=O. The standard InChI is InChI=1S/C24H40O5.2C2H4O2/c1-4-5-6-7-8-9-10-11-12-13-14-15-22(29-19(2)25)17-20-16-21(26)18-23(28-3)24(20)27;2*1-2(3)4/h16,18,22,26-27H,4-15,17H2,1-3H3;2*1H3,(H,3,4). The second-order valence-corrected chi connectivity index (χ2v) is 8.95. The molecule has 0 aliphatic heterocycles. The normalized spacial score (nSPS) is 10.7. The Morgan fingerprint density at radius 2 is 1.22 bits per heavy atom. The highest BCUT2D eigenvalue weighted by molar-refractivity contribution is 5.66. The summed E-state index contributed by atoms with van der Waals surface area (Å²) < 4.78 is 10.5. The van der Waals surface area contributed by atoms with Crippen LogP contribution in [0.25, 0.3) is 0 Å². The summed E-state index contributed by atoms with van der Waals surface area (Å²) in [5.74, 6) is -1.77. The average Bonchev–Trinajstić information content (AvgIpc) is 2.78. The number of carboxylic acids is 2. The van der Waals surface area contributed by atoms with Crippen LogP contribution in [0.1, 0.15) is 110 Å². The van der Waals surface area contributed by atoms with Gasteiger partial charge in [0.15, 0.2) is 11.5 Å². The Labute approximate surface area is 221 Å². The Kier molecular flexibility index (Phi) is 22.9. The van der Waals surface area contributed by atoms with Crippen LogP contribution in [0.3, 0.4) is 0 Å². The Balaban J connectivity index is 0. The van der Waals surface area contributed by atoms with Crippen molar-refractivity contribution in [2.24, 2.45) is 0 Å². The van der Waals surface area contributed by atoms with Gasteiger partial charge in [-0.15, -0.1) is 0 Å². The molecule has 0 spiro atoms. The van der Waals surface area contributed by atoms with Crippen LogP contribution in [0.15, 0.2) is 12.1 Å². The highest BCUT2D eigenvalue weighted by Crippen LogP contribution is 2.35. The summed E-state index contributed by atoms with van der Waals surface area (Å²) in [7, 11) is 1.44. The molecule has 4 N–H and O–H groups in total. The molecule has 0 fully saturated rings. The zero-order valence-corrected chi connectivity index (χ0v) is 23.3. The third kappa shape index (κ3) is 24.5. The maximum atomic E-state index is 11.5. The number of ether oxygens (including phenoxy) is 2. The van der Waals surface area contributed by atoms with Crippen LogP contribution < -0.4 is 4.74 Å². The topological polar surface area (TPSA) is 151 Å². The quantitative estimate of drug-likeness (QED) is 0.108. The lowest BCUT2D eigenvalue weighted by molar-refractivity contribution is -0.146. The number of hydrogen-bond acceptors (Lipinski definition) is 7. The first kappa shape index (κ1) is 36.2. The predicted molar refractivity (Wildman–Crippen MR) is 143 cm³/mol. The molecular weight excluding hydrogens is 480 g/mol. The van der Waals surface area contributed by atoms with Crippen molar-refractivity contribution in [1.82, 2.24) is 0 Å². The van der Waals surface area contributed by atoms with E-state index in [1.807, 2.05) is 0 Å². The van der Waals surface area contributed by atoms with Gasteiger partial charge in [0.1, 0.15) is 11.9 Å².